The molecule has 1 rings (SSSR count). The van der Waals surface area contributed by atoms with Gasteiger partial charge in [0.05, 0.1) is 12.4 Å². The molecule has 0 amide bonds. The molecule has 1 aromatic rings. The van der Waals surface area contributed by atoms with Gasteiger partial charge in [-0.05, 0) is 13.0 Å². The van der Waals surface area contributed by atoms with E-state index in [0.29, 0.717) is 19.6 Å². The number of rotatable bonds is 7. The highest BCUT2D eigenvalue weighted by Crippen LogP contribution is 2.09. The van der Waals surface area contributed by atoms with Gasteiger partial charge in [-0.3, -0.25) is 5.41 Å². The summed E-state index contributed by atoms with van der Waals surface area (Å²) >= 11 is 0. The normalized spacial score (nSPS) is 10.2. The molecule has 17 heavy (non-hydrogen) atoms. The Hall–Kier alpha value is -1.69. The van der Waals surface area contributed by atoms with Crippen molar-refractivity contribution >= 4 is 11.7 Å². The summed E-state index contributed by atoms with van der Waals surface area (Å²) in [7, 11) is 1.66. The van der Waals surface area contributed by atoms with Crippen molar-refractivity contribution in [3.63, 3.8) is 0 Å². The zero-order valence-electron chi connectivity index (χ0n) is 10.3. The number of hydrogen-bond acceptors (Lipinski definition) is 5. The second-order valence-corrected chi connectivity index (χ2v) is 3.72. The van der Waals surface area contributed by atoms with Crippen LogP contribution in [0.15, 0.2) is 12.3 Å². The van der Waals surface area contributed by atoms with Crippen molar-refractivity contribution in [1.82, 2.24) is 9.97 Å². The Morgan fingerprint density at radius 1 is 1.53 bits per heavy atom. The number of amidine groups is 1. The van der Waals surface area contributed by atoms with Crippen LogP contribution < -0.4 is 10.6 Å². The Kier molecular flexibility index (Phi) is 5.35. The van der Waals surface area contributed by atoms with Gasteiger partial charge >= 0.3 is 0 Å². The van der Waals surface area contributed by atoms with E-state index < -0.39 is 0 Å². The van der Waals surface area contributed by atoms with Crippen LogP contribution in [0.3, 0.4) is 0 Å². The predicted octanol–water partition coefficient (Wildman–Crippen LogP) is 0.564. The molecule has 0 spiro atoms. The molecule has 0 aliphatic heterocycles. The summed E-state index contributed by atoms with van der Waals surface area (Å²) in [5, 5.41) is 7.26. The van der Waals surface area contributed by atoms with Crippen molar-refractivity contribution < 1.29 is 4.74 Å². The van der Waals surface area contributed by atoms with E-state index in [4.69, 9.17) is 15.9 Å². The molecule has 94 valence electrons. The predicted molar refractivity (Wildman–Crippen MR) is 67.4 cm³/mol. The molecule has 0 radical (unpaired) electrons. The maximum absolute atomic E-state index is 7.26. The van der Waals surface area contributed by atoms with Crippen LogP contribution >= 0.6 is 0 Å². The van der Waals surface area contributed by atoms with Crippen molar-refractivity contribution in [1.29, 1.82) is 5.41 Å². The number of anilines is 1. The summed E-state index contributed by atoms with van der Waals surface area (Å²) < 4.78 is 5.06. The van der Waals surface area contributed by atoms with Gasteiger partial charge in [0.15, 0.2) is 0 Å². The molecular weight excluding hydrogens is 218 g/mol. The third-order valence-corrected chi connectivity index (χ3v) is 2.30. The largest absolute Gasteiger partial charge is 0.388 e. The van der Waals surface area contributed by atoms with Gasteiger partial charge < -0.3 is 15.4 Å². The molecule has 0 atom stereocenters. The highest BCUT2D eigenvalue weighted by atomic mass is 16.5. The summed E-state index contributed by atoms with van der Waals surface area (Å²) in [6, 6.07) is 1.85. The van der Waals surface area contributed by atoms with Crippen molar-refractivity contribution in [2.45, 2.75) is 13.3 Å². The van der Waals surface area contributed by atoms with E-state index in [2.05, 4.69) is 9.97 Å². The zero-order valence-corrected chi connectivity index (χ0v) is 10.3. The number of aromatic nitrogens is 2. The maximum atomic E-state index is 7.26. The fourth-order valence-electron chi connectivity index (χ4n) is 1.42. The summed E-state index contributed by atoms with van der Waals surface area (Å²) in [4.78, 5) is 10.5. The molecule has 0 fully saturated rings. The first-order valence-electron chi connectivity index (χ1n) is 5.50. The second kappa shape index (κ2) is 6.80. The molecule has 6 heteroatoms. The quantitative estimate of drug-likeness (QED) is 0.534. The maximum Gasteiger partial charge on any atom is 0.132 e. The summed E-state index contributed by atoms with van der Waals surface area (Å²) in [6.45, 7) is 3.85. The lowest BCUT2D eigenvalue weighted by molar-refractivity contribution is 0.205. The van der Waals surface area contributed by atoms with Crippen LogP contribution in [0.5, 0.6) is 0 Å². The molecule has 0 saturated carbocycles. The van der Waals surface area contributed by atoms with E-state index in [0.717, 1.165) is 18.2 Å². The molecule has 0 bridgehead atoms. The van der Waals surface area contributed by atoms with Crippen molar-refractivity contribution in [2.24, 2.45) is 5.73 Å². The van der Waals surface area contributed by atoms with Crippen LogP contribution in [-0.4, -0.2) is 42.6 Å². The van der Waals surface area contributed by atoms with E-state index >= 15 is 0 Å². The van der Waals surface area contributed by atoms with E-state index in [1.165, 1.54) is 0 Å². The van der Waals surface area contributed by atoms with E-state index in [1.807, 2.05) is 17.9 Å². The van der Waals surface area contributed by atoms with Crippen molar-refractivity contribution in [3.05, 3.63) is 18.1 Å². The Morgan fingerprint density at radius 3 is 2.88 bits per heavy atom. The van der Waals surface area contributed by atoms with Gasteiger partial charge in [0.1, 0.15) is 11.6 Å². The van der Waals surface area contributed by atoms with Gasteiger partial charge in [0.25, 0.3) is 0 Å². The van der Waals surface area contributed by atoms with Gasteiger partial charge in [0.2, 0.25) is 0 Å². The molecule has 0 aliphatic carbocycles. The third-order valence-electron chi connectivity index (χ3n) is 2.30. The van der Waals surface area contributed by atoms with Crippen LogP contribution in [0.1, 0.15) is 12.2 Å². The molecule has 6 nitrogen and oxygen atoms in total. The van der Waals surface area contributed by atoms with Gasteiger partial charge in [-0.2, -0.15) is 0 Å². The highest BCUT2D eigenvalue weighted by Gasteiger charge is 2.08. The van der Waals surface area contributed by atoms with Crippen LogP contribution in [0.2, 0.25) is 0 Å². The molecule has 0 aromatic carbocycles. The number of methoxy groups -OCH3 is 1. The van der Waals surface area contributed by atoms with Crippen molar-refractivity contribution in [3.8, 4) is 0 Å². The minimum atomic E-state index is 0.179. The molecule has 0 saturated heterocycles. The number of ether oxygens (including phenoxy) is 1. The molecule has 1 heterocycles. The molecule has 0 aliphatic rings. The summed E-state index contributed by atoms with van der Waals surface area (Å²) in [5.41, 5.74) is 5.37. The first-order chi connectivity index (χ1) is 8.13. The lowest BCUT2D eigenvalue weighted by Gasteiger charge is -2.23. The van der Waals surface area contributed by atoms with Crippen molar-refractivity contribution in [2.75, 3.05) is 31.7 Å². The first kappa shape index (κ1) is 13.4. The fraction of sp³-hybridized carbons (Fsp3) is 0.545. The number of hydrogen-bond donors (Lipinski definition) is 2. The average Bonchev–Trinajstić information content (AvgIpc) is 2.29. The Balaban J connectivity index is 2.70. The van der Waals surface area contributed by atoms with E-state index in [9.17, 15) is 0 Å². The van der Waals surface area contributed by atoms with Crippen LogP contribution in [-0.2, 0) is 4.74 Å². The summed E-state index contributed by atoms with van der Waals surface area (Å²) in [6.07, 6.45) is 2.25. The number of nitrogens with two attached hydrogens (primary N) is 1. The zero-order chi connectivity index (χ0) is 12.7. The first-order valence-corrected chi connectivity index (χ1v) is 5.50. The lowest BCUT2D eigenvalue weighted by Crippen LogP contribution is -2.31. The molecular formula is C11H19N5O. The van der Waals surface area contributed by atoms with Crippen LogP contribution in [0, 0.1) is 12.3 Å². The fourth-order valence-corrected chi connectivity index (χ4v) is 1.42. The van der Waals surface area contributed by atoms with Gasteiger partial charge in [-0.1, -0.05) is 0 Å². The third kappa shape index (κ3) is 4.78. The second-order valence-electron chi connectivity index (χ2n) is 3.72. The SMILES string of the molecule is COCCN(CCC(=N)N)c1ccnc(C)n1. The van der Waals surface area contributed by atoms with Gasteiger partial charge in [0, 0.05) is 32.8 Å². The van der Waals surface area contributed by atoms with Crippen LogP contribution in [0.4, 0.5) is 5.82 Å². The Labute approximate surface area is 101 Å². The Morgan fingerprint density at radius 2 is 2.29 bits per heavy atom. The lowest BCUT2D eigenvalue weighted by atomic mass is 10.3. The summed E-state index contributed by atoms with van der Waals surface area (Å²) in [5.74, 6) is 1.75. The van der Waals surface area contributed by atoms with Gasteiger partial charge in [-0.25, -0.2) is 9.97 Å². The Bertz CT molecular complexity index is 369. The minimum absolute atomic E-state index is 0.179. The number of nitrogens with zero attached hydrogens (tertiary/aromatic N) is 3. The number of aryl methyl sites for hydroxylation is 1. The number of nitrogens with one attached hydrogen (secondary N) is 1. The van der Waals surface area contributed by atoms with Gasteiger partial charge in [-0.15, -0.1) is 0 Å². The standard InChI is InChI=1S/C11H19N5O/c1-9-14-5-3-11(15-9)16(7-8-17-2)6-4-10(12)13/h3,5H,4,6-8H2,1-2H3,(H3,12,13). The smallest absolute Gasteiger partial charge is 0.132 e. The average molecular weight is 237 g/mol. The molecule has 1 aromatic heterocycles. The monoisotopic (exact) mass is 237 g/mol. The van der Waals surface area contributed by atoms with E-state index in [-0.39, 0.29) is 5.84 Å². The van der Waals surface area contributed by atoms with Crippen LogP contribution in [0.25, 0.3) is 0 Å². The molecule has 3 N–H and O–H groups in total. The molecule has 0 unspecified atom stereocenters. The topological polar surface area (TPSA) is 88.1 Å². The minimum Gasteiger partial charge on any atom is -0.388 e. The highest BCUT2D eigenvalue weighted by molar-refractivity contribution is 5.77. The van der Waals surface area contributed by atoms with E-state index in [1.54, 1.807) is 13.3 Å².